The first-order chi connectivity index (χ1) is 9.27. The first-order valence-corrected chi connectivity index (χ1v) is 7.44. The van der Waals surface area contributed by atoms with Crippen LogP contribution in [0.5, 0.6) is 0 Å². The second kappa shape index (κ2) is 6.88. The molecule has 20 heavy (non-hydrogen) atoms. The highest BCUT2D eigenvalue weighted by atomic mass is 79.9. The van der Waals surface area contributed by atoms with Gasteiger partial charge in [0.2, 0.25) is 11.8 Å². The molecule has 1 atom stereocenters. The molecular weight excluding hydrogens is 320 g/mol. The van der Waals surface area contributed by atoms with Gasteiger partial charge in [0.15, 0.2) is 0 Å². The van der Waals surface area contributed by atoms with Gasteiger partial charge in [-0.2, -0.15) is 0 Å². The standard InChI is InChI=1S/C15H21BrN2O2/c1-5-10(2)17-13(19)15(3,4)14(20)18-12-8-6-11(16)7-9-12/h6-10H,5H2,1-4H3,(H,17,19)(H,18,20). The number of hydrogen-bond acceptors (Lipinski definition) is 2. The van der Waals surface area contributed by atoms with E-state index in [9.17, 15) is 9.59 Å². The average molecular weight is 341 g/mol. The van der Waals surface area contributed by atoms with E-state index in [-0.39, 0.29) is 17.9 Å². The number of nitrogens with one attached hydrogen (secondary N) is 2. The number of carbonyl (C=O) groups is 2. The van der Waals surface area contributed by atoms with Gasteiger partial charge in [-0.15, -0.1) is 0 Å². The second-order valence-electron chi connectivity index (χ2n) is 5.37. The zero-order chi connectivity index (χ0) is 15.3. The van der Waals surface area contributed by atoms with Crippen LogP contribution in [0.3, 0.4) is 0 Å². The summed E-state index contributed by atoms with van der Waals surface area (Å²) in [4.78, 5) is 24.4. The lowest BCUT2D eigenvalue weighted by molar-refractivity contribution is -0.138. The van der Waals surface area contributed by atoms with E-state index >= 15 is 0 Å². The summed E-state index contributed by atoms with van der Waals surface area (Å²) >= 11 is 3.33. The Morgan fingerprint density at radius 3 is 2.25 bits per heavy atom. The summed E-state index contributed by atoms with van der Waals surface area (Å²) in [6.07, 6.45) is 0.830. The third kappa shape index (κ3) is 4.34. The van der Waals surface area contributed by atoms with Crippen LogP contribution in [0, 0.1) is 5.41 Å². The summed E-state index contributed by atoms with van der Waals surface area (Å²) in [7, 11) is 0. The van der Waals surface area contributed by atoms with E-state index in [4.69, 9.17) is 0 Å². The van der Waals surface area contributed by atoms with Crippen molar-refractivity contribution < 1.29 is 9.59 Å². The molecule has 0 fully saturated rings. The highest BCUT2D eigenvalue weighted by molar-refractivity contribution is 9.10. The molecule has 0 aliphatic heterocycles. The van der Waals surface area contributed by atoms with Crippen molar-refractivity contribution in [2.45, 2.75) is 40.2 Å². The normalized spacial score (nSPS) is 12.7. The van der Waals surface area contributed by atoms with Crippen molar-refractivity contribution >= 4 is 33.4 Å². The second-order valence-corrected chi connectivity index (χ2v) is 6.28. The molecule has 0 aliphatic rings. The highest BCUT2D eigenvalue weighted by Crippen LogP contribution is 2.20. The number of rotatable bonds is 5. The van der Waals surface area contributed by atoms with Crippen molar-refractivity contribution in [1.29, 1.82) is 0 Å². The summed E-state index contributed by atoms with van der Waals surface area (Å²) in [5, 5.41) is 5.60. The minimum Gasteiger partial charge on any atom is -0.353 e. The number of anilines is 1. The van der Waals surface area contributed by atoms with Crippen LogP contribution in [0.15, 0.2) is 28.7 Å². The molecule has 110 valence electrons. The molecule has 1 rings (SSSR count). The monoisotopic (exact) mass is 340 g/mol. The van der Waals surface area contributed by atoms with Crippen molar-refractivity contribution in [2.24, 2.45) is 5.41 Å². The van der Waals surface area contributed by atoms with Crippen LogP contribution in [0.25, 0.3) is 0 Å². The Morgan fingerprint density at radius 2 is 1.75 bits per heavy atom. The SMILES string of the molecule is CCC(C)NC(=O)C(C)(C)C(=O)Nc1ccc(Br)cc1. The molecule has 1 unspecified atom stereocenters. The molecule has 0 saturated heterocycles. The van der Waals surface area contributed by atoms with E-state index < -0.39 is 5.41 Å². The van der Waals surface area contributed by atoms with Gasteiger partial charge in [0.25, 0.3) is 0 Å². The van der Waals surface area contributed by atoms with Gasteiger partial charge in [0.05, 0.1) is 0 Å². The van der Waals surface area contributed by atoms with Gasteiger partial charge in [-0.3, -0.25) is 9.59 Å². The van der Waals surface area contributed by atoms with Crippen LogP contribution in [0.2, 0.25) is 0 Å². The van der Waals surface area contributed by atoms with Crippen molar-refractivity contribution in [3.8, 4) is 0 Å². The summed E-state index contributed by atoms with van der Waals surface area (Å²) in [6, 6.07) is 7.29. The molecule has 4 nitrogen and oxygen atoms in total. The first kappa shape index (κ1) is 16.7. The van der Waals surface area contributed by atoms with E-state index in [0.717, 1.165) is 10.9 Å². The van der Waals surface area contributed by atoms with E-state index in [1.54, 1.807) is 26.0 Å². The van der Waals surface area contributed by atoms with E-state index in [0.29, 0.717) is 5.69 Å². The molecule has 0 spiro atoms. The van der Waals surface area contributed by atoms with Gasteiger partial charge >= 0.3 is 0 Å². The molecule has 0 radical (unpaired) electrons. The van der Waals surface area contributed by atoms with Gasteiger partial charge in [-0.1, -0.05) is 22.9 Å². The van der Waals surface area contributed by atoms with Crippen LogP contribution in [0.4, 0.5) is 5.69 Å². The Bertz CT molecular complexity index is 483. The molecule has 5 heteroatoms. The summed E-state index contributed by atoms with van der Waals surface area (Å²) in [6.45, 7) is 7.15. The Hall–Kier alpha value is -1.36. The van der Waals surface area contributed by atoms with Crippen molar-refractivity contribution in [3.63, 3.8) is 0 Å². The van der Waals surface area contributed by atoms with Gasteiger partial charge < -0.3 is 10.6 Å². The minimum atomic E-state index is -1.11. The molecular formula is C15H21BrN2O2. The third-order valence-electron chi connectivity index (χ3n) is 3.23. The van der Waals surface area contributed by atoms with Crippen LogP contribution in [0.1, 0.15) is 34.1 Å². The number of amides is 2. The minimum absolute atomic E-state index is 0.0576. The summed E-state index contributed by atoms with van der Waals surface area (Å²) in [5.41, 5.74) is -0.445. The quantitative estimate of drug-likeness (QED) is 0.807. The Labute approximate surface area is 128 Å². The predicted molar refractivity (Wildman–Crippen MR) is 84.4 cm³/mol. The number of hydrogen-bond donors (Lipinski definition) is 2. The van der Waals surface area contributed by atoms with E-state index in [1.165, 1.54) is 0 Å². The number of carbonyl (C=O) groups excluding carboxylic acids is 2. The Kier molecular flexibility index (Phi) is 5.74. The molecule has 1 aromatic carbocycles. The van der Waals surface area contributed by atoms with Crippen LogP contribution < -0.4 is 10.6 Å². The molecule has 0 aliphatic carbocycles. The van der Waals surface area contributed by atoms with Crippen molar-refractivity contribution in [1.82, 2.24) is 5.32 Å². The van der Waals surface area contributed by atoms with Crippen molar-refractivity contribution in [2.75, 3.05) is 5.32 Å². The maximum atomic E-state index is 12.2. The highest BCUT2D eigenvalue weighted by Gasteiger charge is 2.36. The van der Waals surface area contributed by atoms with Crippen molar-refractivity contribution in [3.05, 3.63) is 28.7 Å². The van der Waals surface area contributed by atoms with Crippen LogP contribution in [-0.4, -0.2) is 17.9 Å². The average Bonchev–Trinajstić information content (AvgIpc) is 2.40. The van der Waals surface area contributed by atoms with Gasteiger partial charge in [0.1, 0.15) is 5.41 Å². The fourth-order valence-electron chi connectivity index (χ4n) is 1.43. The molecule has 1 aromatic rings. The Morgan fingerprint density at radius 1 is 1.20 bits per heavy atom. The lowest BCUT2D eigenvalue weighted by Gasteiger charge is -2.24. The molecule has 2 N–H and O–H groups in total. The lowest BCUT2D eigenvalue weighted by Crippen LogP contribution is -2.47. The zero-order valence-electron chi connectivity index (χ0n) is 12.3. The zero-order valence-corrected chi connectivity index (χ0v) is 13.9. The fourth-order valence-corrected chi connectivity index (χ4v) is 1.69. The topological polar surface area (TPSA) is 58.2 Å². The lowest BCUT2D eigenvalue weighted by atomic mass is 9.90. The molecule has 0 saturated carbocycles. The fraction of sp³-hybridized carbons (Fsp3) is 0.467. The van der Waals surface area contributed by atoms with Gasteiger partial charge in [-0.25, -0.2) is 0 Å². The maximum absolute atomic E-state index is 12.2. The largest absolute Gasteiger partial charge is 0.353 e. The van der Waals surface area contributed by atoms with Crippen LogP contribution in [-0.2, 0) is 9.59 Å². The first-order valence-electron chi connectivity index (χ1n) is 6.65. The van der Waals surface area contributed by atoms with E-state index in [2.05, 4.69) is 26.6 Å². The molecule has 0 aromatic heterocycles. The molecule has 2 amide bonds. The summed E-state index contributed by atoms with van der Waals surface area (Å²) < 4.78 is 0.935. The Balaban J connectivity index is 2.73. The van der Waals surface area contributed by atoms with E-state index in [1.807, 2.05) is 26.0 Å². The predicted octanol–water partition coefficient (Wildman–Crippen LogP) is 3.33. The maximum Gasteiger partial charge on any atom is 0.239 e. The van der Waals surface area contributed by atoms with Gasteiger partial charge in [0, 0.05) is 16.2 Å². The smallest absolute Gasteiger partial charge is 0.239 e. The molecule has 0 bridgehead atoms. The van der Waals surface area contributed by atoms with Gasteiger partial charge in [-0.05, 0) is 51.5 Å². The number of halogens is 1. The third-order valence-corrected chi connectivity index (χ3v) is 3.76. The van der Waals surface area contributed by atoms with Crippen LogP contribution >= 0.6 is 15.9 Å². The summed E-state index contributed by atoms with van der Waals surface area (Å²) in [5.74, 6) is -0.581. The number of benzene rings is 1. The molecule has 0 heterocycles.